The Kier molecular flexibility index (Phi) is 5.95. The average molecular weight is 452 g/mol. The van der Waals surface area contributed by atoms with E-state index in [0.717, 1.165) is 28.2 Å². The molecule has 168 valence electrons. The molecule has 2 heterocycles. The molecule has 0 atom stereocenters. The van der Waals surface area contributed by atoms with Gasteiger partial charge in [-0.2, -0.15) is 13.2 Å². The summed E-state index contributed by atoms with van der Waals surface area (Å²) in [6.07, 6.45) is -3.26. The summed E-state index contributed by atoms with van der Waals surface area (Å²) in [6.45, 7) is 1.44. The number of benzene rings is 2. The van der Waals surface area contributed by atoms with E-state index in [9.17, 15) is 22.8 Å². The molecule has 6 nitrogen and oxygen atoms in total. The lowest BCUT2D eigenvalue weighted by molar-refractivity contribution is -0.137. The molecule has 1 aromatic heterocycles. The zero-order valence-corrected chi connectivity index (χ0v) is 17.6. The van der Waals surface area contributed by atoms with E-state index < -0.39 is 30.1 Å². The molecule has 33 heavy (non-hydrogen) atoms. The molecule has 3 aromatic rings. The first kappa shape index (κ1) is 22.2. The van der Waals surface area contributed by atoms with Gasteiger partial charge < -0.3 is 5.32 Å². The number of aromatic nitrogens is 1. The van der Waals surface area contributed by atoms with Crippen molar-refractivity contribution in [3.63, 3.8) is 0 Å². The van der Waals surface area contributed by atoms with Gasteiger partial charge in [-0.1, -0.05) is 42.0 Å². The van der Waals surface area contributed by atoms with Gasteiger partial charge in [-0.05, 0) is 36.8 Å². The van der Waals surface area contributed by atoms with Crippen LogP contribution in [0.2, 0.25) is 0 Å². The maximum atomic E-state index is 13.3. The highest BCUT2D eigenvalue weighted by Crippen LogP contribution is 2.35. The minimum absolute atomic E-state index is 0.0914. The third kappa shape index (κ3) is 4.92. The number of fused-ring (bicyclic) bond motifs is 1. The Balaban J connectivity index is 1.61. The maximum Gasteiger partial charge on any atom is 0.418 e. The molecule has 0 unspecified atom stereocenters. The molecule has 2 amide bonds. The van der Waals surface area contributed by atoms with Gasteiger partial charge in [0.1, 0.15) is 12.2 Å². The number of anilines is 2. The van der Waals surface area contributed by atoms with Gasteiger partial charge in [0.2, 0.25) is 11.8 Å². The number of pyridine rings is 1. The minimum atomic E-state index is -4.63. The number of halogens is 3. The first-order chi connectivity index (χ1) is 15.7. The van der Waals surface area contributed by atoms with Crippen LogP contribution in [0.5, 0.6) is 0 Å². The number of hydrogen-bond acceptors (Lipinski definition) is 4. The van der Waals surface area contributed by atoms with Gasteiger partial charge >= 0.3 is 6.18 Å². The van der Waals surface area contributed by atoms with Crippen LogP contribution >= 0.6 is 0 Å². The van der Waals surface area contributed by atoms with Gasteiger partial charge in [0.15, 0.2) is 5.82 Å². The van der Waals surface area contributed by atoms with E-state index in [2.05, 4.69) is 15.3 Å². The molecule has 0 bridgehead atoms. The number of hydrogen-bond donors (Lipinski definition) is 1. The van der Waals surface area contributed by atoms with Crippen molar-refractivity contribution in [3.05, 3.63) is 83.6 Å². The van der Waals surface area contributed by atoms with Crippen LogP contribution in [0.3, 0.4) is 0 Å². The van der Waals surface area contributed by atoms with E-state index in [1.165, 1.54) is 18.3 Å². The molecule has 0 fully saturated rings. The van der Waals surface area contributed by atoms with Gasteiger partial charge in [0.25, 0.3) is 0 Å². The predicted octanol–water partition coefficient (Wildman–Crippen LogP) is 4.91. The molecule has 0 saturated heterocycles. The average Bonchev–Trinajstić information content (AvgIpc) is 2.90. The normalized spacial score (nSPS) is 13.8. The minimum Gasteiger partial charge on any atom is -0.324 e. The van der Waals surface area contributed by atoms with E-state index >= 15 is 0 Å². The zero-order chi connectivity index (χ0) is 23.6. The summed E-state index contributed by atoms with van der Waals surface area (Å²) in [5, 5.41) is 2.27. The Bertz CT molecular complexity index is 1240. The van der Waals surface area contributed by atoms with E-state index in [1.807, 2.05) is 31.2 Å². The van der Waals surface area contributed by atoms with Crippen LogP contribution in [0.15, 0.2) is 71.9 Å². The van der Waals surface area contributed by atoms with Crippen LogP contribution in [0, 0.1) is 6.92 Å². The van der Waals surface area contributed by atoms with Crippen LogP contribution in [-0.4, -0.2) is 29.1 Å². The van der Waals surface area contributed by atoms with Crippen LogP contribution in [0.1, 0.15) is 23.1 Å². The molecule has 9 heteroatoms. The third-order valence-electron chi connectivity index (χ3n) is 5.09. The summed E-state index contributed by atoms with van der Waals surface area (Å²) in [4.78, 5) is 35.7. The van der Waals surface area contributed by atoms with Crippen molar-refractivity contribution in [2.75, 3.05) is 16.8 Å². The SMILES string of the molecule is Cc1ccc(C2=Nc3cccnc3N(CC(=O)Nc3ccccc3C(F)(F)F)C(=O)C2)cc1. The summed E-state index contributed by atoms with van der Waals surface area (Å²) < 4.78 is 39.8. The van der Waals surface area contributed by atoms with Gasteiger partial charge in [-0.3, -0.25) is 14.5 Å². The molecule has 1 aliphatic heterocycles. The first-order valence-electron chi connectivity index (χ1n) is 10.1. The Morgan fingerprint density at radius 3 is 2.52 bits per heavy atom. The lowest BCUT2D eigenvalue weighted by Crippen LogP contribution is -2.39. The summed E-state index contributed by atoms with van der Waals surface area (Å²) in [7, 11) is 0. The van der Waals surface area contributed by atoms with Crippen molar-refractivity contribution in [1.82, 2.24) is 4.98 Å². The van der Waals surface area contributed by atoms with Crippen LogP contribution in [-0.2, 0) is 15.8 Å². The van der Waals surface area contributed by atoms with E-state index in [4.69, 9.17) is 0 Å². The predicted molar refractivity (Wildman–Crippen MR) is 119 cm³/mol. The second-order valence-corrected chi connectivity index (χ2v) is 7.52. The van der Waals surface area contributed by atoms with Crippen LogP contribution in [0.25, 0.3) is 0 Å². The Morgan fingerprint density at radius 1 is 1.06 bits per heavy atom. The summed E-state index contributed by atoms with van der Waals surface area (Å²) in [5.74, 6) is -1.05. The topological polar surface area (TPSA) is 74.7 Å². The van der Waals surface area contributed by atoms with Gasteiger partial charge in [-0.25, -0.2) is 9.98 Å². The molecule has 1 N–H and O–H groups in total. The first-order valence-corrected chi connectivity index (χ1v) is 10.1. The molecule has 0 aliphatic carbocycles. The number of aryl methyl sites for hydroxylation is 1. The summed E-state index contributed by atoms with van der Waals surface area (Å²) >= 11 is 0. The zero-order valence-electron chi connectivity index (χ0n) is 17.6. The molecule has 1 aliphatic rings. The number of aliphatic imine (C=N–C) groups is 1. The van der Waals surface area contributed by atoms with Crippen LogP contribution in [0.4, 0.5) is 30.4 Å². The number of para-hydroxylation sites is 1. The number of carbonyl (C=O) groups excluding carboxylic acids is 2. The van der Waals surface area contributed by atoms with Gasteiger partial charge in [0.05, 0.1) is 23.4 Å². The maximum absolute atomic E-state index is 13.3. The lowest BCUT2D eigenvalue weighted by atomic mass is 10.1. The van der Waals surface area contributed by atoms with E-state index in [-0.39, 0.29) is 17.9 Å². The highest BCUT2D eigenvalue weighted by molar-refractivity contribution is 6.18. The van der Waals surface area contributed by atoms with E-state index in [0.29, 0.717) is 11.4 Å². The fourth-order valence-corrected chi connectivity index (χ4v) is 3.47. The fraction of sp³-hybridized carbons (Fsp3) is 0.167. The number of rotatable bonds is 4. The molecule has 0 radical (unpaired) electrons. The summed E-state index contributed by atoms with van der Waals surface area (Å²) in [6, 6.07) is 15.5. The van der Waals surface area contributed by atoms with Gasteiger partial charge in [0, 0.05) is 6.20 Å². The number of carbonyl (C=O) groups is 2. The second-order valence-electron chi connectivity index (χ2n) is 7.52. The van der Waals surface area contributed by atoms with Crippen molar-refractivity contribution in [3.8, 4) is 0 Å². The van der Waals surface area contributed by atoms with Crippen molar-refractivity contribution >= 4 is 34.7 Å². The fourth-order valence-electron chi connectivity index (χ4n) is 3.47. The third-order valence-corrected chi connectivity index (χ3v) is 5.09. The largest absolute Gasteiger partial charge is 0.418 e. The van der Waals surface area contributed by atoms with Gasteiger partial charge in [-0.15, -0.1) is 0 Å². The van der Waals surface area contributed by atoms with E-state index in [1.54, 1.807) is 12.1 Å². The molecule has 4 rings (SSSR count). The molecule has 0 spiro atoms. The highest BCUT2D eigenvalue weighted by Gasteiger charge is 2.34. The number of alkyl halides is 3. The highest BCUT2D eigenvalue weighted by atomic mass is 19.4. The Morgan fingerprint density at radius 2 is 1.79 bits per heavy atom. The van der Waals surface area contributed by atoms with Crippen molar-refractivity contribution in [2.24, 2.45) is 4.99 Å². The Labute approximate surface area is 187 Å². The van der Waals surface area contributed by atoms with Crippen molar-refractivity contribution in [2.45, 2.75) is 19.5 Å². The monoisotopic (exact) mass is 452 g/mol. The standard InChI is InChI=1S/C24H19F3N4O2/c1-15-8-10-16(11-9-15)20-13-22(33)31(23-19(29-20)7-4-12-28-23)14-21(32)30-18-6-3-2-5-17(18)24(25,26)27/h2-12H,13-14H2,1H3,(H,30,32). The van der Waals surface area contributed by atoms with Crippen molar-refractivity contribution < 1.29 is 22.8 Å². The molecular weight excluding hydrogens is 433 g/mol. The smallest absolute Gasteiger partial charge is 0.324 e. The second kappa shape index (κ2) is 8.85. The molecular formula is C24H19F3N4O2. The number of nitrogens with zero attached hydrogens (tertiary/aromatic N) is 3. The number of amides is 2. The van der Waals surface area contributed by atoms with Crippen molar-refractivity contribution in [1.29, 1.82) is 0 Å². The van der Waals surface area contributed by atoms with Crippen LogP contribution < -0.4 is 10.2 Å². The summed E-state index contributed by atoms with van der Waals surface area (Å²) in [5.41, 5.74) is 1.37. The molecule has 2 aromatic carbocycles. The molecule has 0 saturated carbocycles. The Hall–Kier alpha value is -4.01. The number of nitrogens with one attached hydrogen (secondary N) is 1. The lowest BCUT2D eigenvalue weighted by Gasteiger charge is -2.21. The quantitative estimate of drug-likeness (QED) is 0.612.